The number of anilines is 5. The van der Waals surface area contributed by atoms with Crippen molar-refractivity contribution in [1.29, 1.82) is 5.26 Å². The van der Waals surface area contributed by atoms with Gasteiger partial charge in [0, 0.05) is 40.9 Å². The fourth-order valence-corrected chi connectivity index (χ4v) is 6.22. The van der Waals surface area contributed by atoms with Crippen molar-refractivity contribution in [3.05, 3.63) is 151 Å². The van der Waals surface area contributed by atoms with Crippen molar-refractivity contribution in [3.8, 4) is 17.2 Å². The van der Waals surface area contributed by atoms with Gasteiger partial charge >= 0.3 is 0 Å². The molecule has 3 nitrogen and oxygen atoms in total. The molecule has 0 spiro atoms. The second-order valence-electron chi connectivity index (χ2n) is 10.8. The number of nitrogens with zero attached hydrogens (tertiary/aromatic N) is 3. The summed E-state index contributed by atoms with van der Waals surface area (Å²) in [4.78, 5) is 4.47. The SMILES string of the molecule is CN(c1ccc2c(c1)C(C)(C#N)c1cc(N(c3ccccc3)c3ccccc3)ccc1-2)c1cccc2ccccc12. The minimum Gasteiger partial charge on any atom is -0.344 e. The molecule has 196 valence electrons. The van der Waals surface area contributed by atoms with Crippen molar-refractivity contribution in [1.82, 2.24) is 0 Å². The van der Waals surface area contributed by atoms with E-state index >= 15 is 0 Å². The van der Waals surface area contributed by atoms with E-state index < -0.39 is 5.41 Å². The van der Waals surface area contributed by atoms with Crippen LogP contribution in [0.25, 0.3) is 21.9 Å². The molecule has 1 atom stereocenters. The van der Waals surface area contributed by atoms with Crippen molar-refractivity contribution < 1.29 is 0 Å². The van der Waals surface area contributed by atoms with Gasteiger partial charge in [-0.3, -0.25) is 0 Å². The summed E-state index contributed by atoms with van der Waals surface area (Å²) in [6, 6.07) is 51.4. The fourth-order valence-electron chi connectivity index (χ4n) is 6.22. The molecular formula is C38H29N3. The molecule has 0 aromatic heterocycles. The average Bonchev–Trinajstić information content (AvgIpc) is 3.29. The molecule has 0 heterocycles. The maximum Gasteiger partial charge on any atom is 0.106 e. The summed E-state index contributed by atoms with van der Waals surface area (Å²) in [6.45, 7) is 2.05. The van der Waals surface area contributed by atoms with Crippen LogP contribution in [0, 0.1) is 11.3 Å². The molecule has 0 saturated carbocycles. The highest BCUT2D eigenvalue weighted by Crippen LogP contribution is 2.52. The minimum absolute atomic E-state index is 0.782. The molecule has 1 aliphatic carbocycles. The predicted molar refractivity (Wildman–Crippen MR) is 171 cm³/mol. The van der Waals surface area contributed by atoms with E-state index in [0.717, 1.165) is 50.7 Å². The van der Waals surface area contributed by atoms with Crippen LogP contribution >= 0.6 is 0 Å². The number of rotatable bonds is 5. The average molecular weight is 528 g/mol. The molecule has 0 saturated heterocycles. The number of hydrogen-bond donors (Lipinski definition) is 0. The van der Waals surface area contributed by atoms with Crippen molar-refractivity contribution in [2.75, 3.05) is 16.8 Å². The summed E-state index contributed by atoms with van der Waals surface area (Å²) < 4.78 is 0. The molecular weight excluding hydrogens is 498 g/mol. The van der Waals surface area contributed by atoms with Crippen LogP contribution in [0.3, 0.4) is 0 Å². The summed E-state index contributed by atoms with van der Waals surface area (Å²) in [7, 11) is 2.10. The first kappa shape index (κ1) is 24.7. The van der Waals surface area contributed by atoms with Crippen LogP contribution in [0.2, 0.25) is 0 Å². The molecule has 0 fully saturated rings. The Balaban J connectivity index is 1.34. The molecule has 1 aliphatic rings. The predicted octanol–water partition coefficient (Wildman–Crippen LogP) is 9.89. The highest BCUT2D eigenvalue weighted by molar-refractivity contribution is 5.96. The van der Waals surface area contributed by atoms with Crippen LogP contribution in [0.1, 0.15) is 18.1 Å². The maximum atomic E-state index is 10.7. The molecule has 0 N–H and O–H groups in total. The Bertz CT molecular complexity index is 1890. The molecule has 6 aromatic carbocycles. The van der Waals surface area contributed by atoms with Gasteiger partial charge in [0.25, 0.3) is 0 Å². The Morgan fingerprint density at radius 1 is 0.561 bits per heavy atom. The largest absolute Gasteiger partial charge is 0.344 e. The topological polar surface area (TPSA) is 30.3 Å². The van der Waals surface area contributed by atoms with E-state index in [1.54, 1.807) is 0 Å². The number of nitriles is 1. The van der Waals surface area contributed by atoms with E-state index in [2.05, 4.69) is 157 Å². The van der Waals surface area contributed by atoms with E-state index in [-0.39, 0.29) is 0 Å². The lowest BCUT2D eigenvalue weighted by Gasteiger charge is -2.27. The van der Waals surface area contributed by atoms with Gasteiger partial charge in [-0.25, -0.2) is 0 Å². The third-order valence-electron chi connectivity index (χ3n) is 8.40. The molecule has 3 heteroatoms. The number of hydrogen-bond acceptors (Lipinski definition) is 3. The van der Waals surface area contributed by atoms with Gasteiger partial charge in [-0.1, -0.05) is 84.9 Å². The van der Waals surface area contributed by atoms with Gasteiger partial charge in [0.2, 0.25) is 0 Å². The zero-order chi connectivity index (χ0) is 28.0. The van der Waals surface area contributed by atoms with Gasteiger partial charge < -0.3 is 9.80 Å². The summed E-state index contributed by atoms with van der Waals surface area (Å²) in [5.41, 5.74) is 8.92. The second-order valence-corrected chi connectivity index (χ2v) is 10.8. The molecule has 6 aromatic rings. The highest BCUT2D eigenvalue weighted by Gasteiger charge is 2.40. The lowest BCUT2D eigenvalue weighted by Crippen LogP contribution is -2.19. The summed E-state index contributed by atoms with van der Waals surface area (Å²) in [5.74, 6) is 0. The zero-order valence-electron chi connectivity index (χ0n) is 23.1. The van der Waals surface area contributed by atoms with Crippen LogP contribution in [0.15, 0.2) is 140 Å². The first-order valence-electron chi connectivity index (χ1n) is 13.9. The normalized spacial score (nSPS) is 15.1. The Hall–Kier alpha value is -5.33. The Labute approximate surface area is 241 Å². The van der Waals surface area contributed by atoms with Crippen molar-refractivity contribution >= 4 is 39.2 Å². The van der Waals surface area contributed by atoms with Gasteiger partial charge in [-0.15, -0.1) is 0 Å². The van der Waals surface area contributed by atoms with Crippen molar-refractivity contribution in [3.63, 3.8) is 0 Å². The van der Waals surface area contributed by atoms with Crippen molar-refractivity contribution in [2.45, 2.75) is 12.3 Å². The van der Waals surface area contributed by atoms with Crippen LogP contribution in [-0.2, 0) is 5.41 Å². The second kappa shape index (κ2) is 9.70. The molecule has 7 rings (SSSR count). The Morgan fingerprint density at radius 3 is 1.73 bits per heavy atom. The smallest absolute Gasteiger partial charge is 0.106 e. The standard InChI is InChI=1S/C38H29N3/c1-38(26-39)35-24-30(40(2)37-19-11-13-27-12-9-10-18-32(27)37)20-22-33(35)34-23-21-31(25-36(34)38)41(28-14-5-3-6-15-28)29-16-7-4-8-17-29/h3-25H,1-2H3. The van der Waals surface area contributed by atoms with E-state index in [1.807, 2.05) is 12.1 Å². The van der Waals surface area contributed by atoms with Crippen molar-refractivity contribution in [2.24, 2.45) is 0 Å². The van der Waals surface area contributed by atoms with Gasteiger partial charge in [0.1, 0.15) is 5.41 Å². The number of para-hydroxylation sites is 2. The maximum absolute atomic E-state index is 10.7. The summed E-state index contributed by atoms with van der Waals surface area (Å²) >= 11 is 0. The number of fused-ring (bicyclic) bond motifs is 4. The van der Waals surface area contributed by atoms with E-state index in [4.69, 9.17) is 0 Å². The summed E-state index contributed by atoms with van der Waals surface area (Å²) in [6.07, 6.45) is 0. The van der Waals surface area contributed by atoms with Crippen LogP contribution in [-0.4, -0.2) is 7.05 Å². The molecule has 41 heavy (non-hydrogen) atoms. The highest BCUT2D eigenvalue weighted by atomic mass is 15.1. The molecule has 0 aliphatic heterocycles. The van der Waals surface area contributed by atoms with Crippen LogP contribution in [0.5, 0.6) is 0 Å². The summed E-state index contributed by atoms with van der Waals surface area (Å²) in [5, 5.41) is 13.1. The van der Waals surface area contributed by atoms with Gasteiger partial charge in [-0.2, -0.15) is 5.26 Å². The molecule has 0 amide bonds. The van der Waals surface area contributed by atoms with E-state index in [1.165, 1.54) is 10.8 Å². The first-order chi connectivity index (χ1) is 20.1. The Kier molecular flexibility index (Phi) is 5.84. The van der Waals surface area contributed by atoms with E-state index in [9.17, 15) is 5.26 Å². The molecule has 0 bridgehead atoms. The first-order valence-corrected chi connectivity index (χ1v) is 13.9. The third kappa shape index (κ3) is 3.96. The zero-order valence-corrected chi connectivity index (χ0v) is 23.1. The lowest BCUT2D eigenvalue weighted by molar-refractivity contribution is 0.764. The van der Waals surface area contributed by atoms with Gasteiger partial charge in [0.15, 0.2) is 0 Å². The lowest BCUT2D eigenvalue weighted by atomic mass is 9.81. The van der Waals surface area contributed by atoms with Crippen LogP contribution in [0.4, 0.5) is 28.4 Å². The number of benzene rings is 6. The molecule has 0 radical (unpaired) electrons. The Morgan fingerprint density at radius 2 is 1.10 bits per heavy atom. The van der Waals surface area contributed by atoms with Gasteiger partial charge in [-0.05, 0) is 89.2 Å². The fraction of sp³-hybridized carbons (Fsp3) is 0.0789. The molecule has 1 unspecified atom stereocenters. The third-order valence-corrected chi connectivity index (χ3v) is 8.40. The van der Waals surface area contributed by atoms with Crippen LogP contribution < -0.4 is 9.80 Å². The van der Waals surface area contributed by atoms with E-state index in [0.29, 0.717) is 0 Å². The quantitative estimate of drug-likeness (QED) is 0.223. The van der Waals surface area contributed by atoms with Gasteiger partial charge in [0.05, 0.1) is 6.07 Å². The minimum atomic E-state index is -0.782. The monoisotopic (exact) mass is 527 g/mol.